The normalized spacial score (nSPS) is 10.8. The van der Waals surface area contributed by atoms with E-state index in [2.05, 4.69) is 25.0 Å². The molecule has 36 heavy (non-hydrogen) atoms. The summed E-state index contributed by atoms with van der Waals surface area (Å²) in [7, 11) is 3.05. The number of nitrogens with one attached hydrogen (secondary N) is 1. The average Bonchev–Trinajstić information content (AvgIpc) is 2.88. The quantitative estimate of drug-likeness (QED) is 0.311. The predicted octanol–water partition coefficient (Wildman–Crippen LogP) is 5.50. The minimum Gasteiger partial charge on any atom is -0.497 e. The lowest BCUT2D eigenvalue weighted by molar-refractivity contribution is -0.0528. The average molecular weight is 496 g/mol. The van der Waals surface area contributed by atoms with Crippen molar-refractivity contribution in [1.82, 2.24) is 15.0 Å². The number of ether oxygens (including phenoxy) is 3. The van der Waals surface area contributed by atoms with Gasteiger partial charge in [0.2, 0.25) is 11.8 Å². The van der Waals surface area contributed by atoms with Crippen molar-refractivity contribution in [2.75, 3.05) is 19.5 Å². The lowest BCUT2D eigenvalue weighted by Crippen LogP contribution is -2.05. The smallest absolute Gasteiger partial charge is 0.388 e. The molecule has 0 saturated carbocycles. The molecule has 3 heterocycles. The molecule has 4 rings (SSSR count). The highest BCUT2D eigenvalue weighted by Crippen LogP contribution is 2.31. The number of hydrogen-bond donors (Lipinski definition) is 1. The first-order chi connectivity index (χ1) is 17.4. The second-order valence-corrected chi connectivity index (χ2v) is 7.71. The zero-order chi connectivity index (χ0) is 25.5. The number of benzene rings is 1. The monoisotopic (exact) mass is 496 g/mol. The molecular weight excluding hydrogens is 473 g/mol. The van der Waals surface area contributed by atoms with E-state index in [1.165, 1.54) is 25.4 Å². The topological polar surface area (TPSA) is 78.4 Å². The number of aromatic nitrogens is 3. The van der Waals surface area contributed by atoms with Crippen LogP contribution < -0.4 is 19.5 Å². The summed E-state index contributed by atoms with van der Waals surface area (Å²) in [6.45, 7) is -2.59. The standard InChI is InChI=1S/C26H23F3N4O3/c1-34-20-5-3-16(4-6-20)13-31-24-22(27)11-18(14-32-24)9-17-10-21(25(35-2)33-15-17)19-7-8-30-23(12-19)36-26(28)29/h3-8,10-12,14-15,26H,9,13H2,1-2H3,(H,31,32). The first-order valence-electron chi connectivity index (χ1n) is 10.9. The number of nitrogens with zero attached hydrogens (tertiary/aromatic N) is 3. The van der Waals surface area contributed by atoms with Gasteiger partial charge < -0.3 is 19.5 Å². The number of methoxy groups -OCH3 is 2. The van der Waals surface area contributed by atoms with Crippen molar-refractivity contribution in [3.63, 3.8) is 0 Å². The number of anilines is 1. The second kappa shape index (κ2) is 11.4. The molecule has 0 saturated heterocycles. The summed E-state index contributed by atoms with van der Waals surface area (Å²) < 4.78 is 54.8. The van der Waals surface area contributed by atoms with Crippen molar-refractivity contribution in [3.8, 4) is 28.6 Å². The van der Waals surface area contributed by atoms with Crippen LogP contribution in [0.5, 0.6) is 17.5 Å². The highest BCUT2D eigenvalue weighted by molar-refractivity contribution is 5.70. The SMILES string of the molecule is COc1ccc(CNc2ncc(Cc3cnc(OC)c(-c4ccnc(OC(F)F)c4)c3)cc2F)cc1. The number of rotatable bonds is 10. The van der Waals surface area contributed by atoms with E-state index in [1.807, 2.05) is 24.3 Å². The Hall–Kier alpha value is -4.34. The fraction of sp³-hybridized carbons (Fsp3) is 0.192. The number of pyridine rings is 3. The summed E-state index contributed by atoms with van der Waals surface area (Å²) in [5.74, 6) is 0.487. The van der Waals surface area contributed by atoms with Crippen molar-refractivity contribution >= 4 is 5.82 Å². The Labute approximate surface area is 205 Å². The van der Waals surface area contributed by atoms with Gasteiger partial charge in [0.1, 0.15) is 5.75 Å². The maximum atomic E-state index is 14.7. The summed E-state index contributed by atoms with van der Waals surface area (Å²) in [5.41, 5.74) is 3.43. The molecular formula is C26H23F3N4O3. The van der Waals surface area contributed by atoms with Crippen LogP contribution in [0.1, 0.15) is 16.7 Å². The molecule has 0 aliphatic carbocycles. The summed E-state index contributed by atoms with van der Waals surface area (Å²) in [6, 6.07) is 13.6. The van der Waals surface area contributed by atoms with Crippen LogP contribution in [0, 0.1) is 5.82 Å². The van der Waals surface area contributed by atoms with Gasteiger partial charge in [0, 0.05) is 43.2 Å². The Morgan fingerprint density at radius 3 is 2.31 bits per heavy atom. The molecule has 0 amide bonds. The zero-order valence-corrected chi connectivity index (χ0v) is 19.5. The van der Waals surface area contributed by atoms with Gasteiger partial charge in [0.25, 0.3) is 0 Å². The van der Waals surface area contributed by atoms with Crippen LogP contribution in [0.25, 0.3) is 11.1 Å². The van der Waals surface area contributed by atoms with Crippen LogP contribution >= 0.6 is 0 Å². The van der Waals surface area contributed by atoms with Gasteiger partial charge in [-0.1, -0.05) is 12.1 Å². The van der Waals surface area contributed by atoms with E-state index < -0.39 is 12.4 Å². The molecule has 4 aromatic rings. The summed E-state index contributed by atoms with van der Waals surface area (Å²) in [6.07, 6.45) is 4.90. The van der Waals surface area contributed by atoms with E-state index in [9.17, 15) is 13.2 Å². The summed E-state index contributed by atoms with van der Waals surface area (Å²) in [5, 5.41) is 3.00. The van der Waals surface area contributed by atoms with Crippen LogP contribution in [-0.2, 0) is 13.0 Å². The van der Waals surface area contributed by atoms with Gasteiger partial charge in [-0.3, -0.25) is 0 Å². The Morgan fingerprint density at radius 1 is 0.861 bits per heavy atom. The molecule has 3 aromatic heterocycles. The molecule has 0 bridgehead atoms. The maximum Gasteiger partial charge on any atom is 0.388 e. The predicted molar refractivity (Wildman–Crippen MR) is 128 cm³/mol. The second-order valence-electron chi connectivity index (χ2n) is 7.71. The van der Waals surface area contributed by atoms with Crippen LogP contribution in [0.2, 0.25) is 0 Å². The van der Waals surface area contributed by atoms with E-state index >= 15 is 0 Å². The summed E-state index contributed by atoms with van der Waals surface area (Å²) in [4.78, 5) is 12.3. The van der Waals surface area contributed by atoms with Crippen molar-refractivity contribution in [1.29, 1.82) is 0 Å². The molecule has 0 atom stereocenters. The molecule has 0 spiro atoms. The van der Waals surface area contributed by atoms with Crippen molar-refractivity contribution in [2.45, 2.75) is 19.6 Å². The first kappa shape index (κ1) is 24.8. The molecule has 0 aliphatic heterocycles. The third kappa shape index (κ3) is 6.21. The molecule has 0 unspecified atom stereocenters. The third-order valence-corrected chi connectivity index (χ3v) is 5.28. The fourth-order valence-electron chi connectivity index (χ4n) is 3.56. The molecule has 0 radical (unpaired) electrons. The number of halogens is 3. The van der Waals surface area contributed by atoms with E-state index in [0.29, 0.717) is 35.5 Å². The van der Waals surface area contributed by atoms with Gasteiger partial charge in [-0.05, 0) is 52.6 Å². The molecule has 0 aliphatic rings. The van der Waals surface area contributed by atoms with Gasteiger partial charge >= 0.3 is 6.61 Å². The van der Waals surface area contributed by atoms with Gasteiger partial charge in [-0.15, -0.1) is 0 Å². The lowest BCUT2D eigenvalue weighted by atomic mass is 10.0. The first-order valence-corrected chi connectivity index (χ1v) is 10.9. The number of hydrogen-bond acceptors (Lipinski definition) is 7. The minimum absolute atomic E-state index is 0.145. The van der Waals surface area contributed by atoms with Gasteiger partial charge in [0.05, 0.1) is 14.2 Å². The van der Waals surface area contributed by atoms with Crippen LogP contribution in [0.15, 0.2) is 67.1 Å². The van der Waals surface area contributed by atoms with Gasteiger partial charge in [0.15, 0.2) is 11.6 Å². The van der Waals surface area contributed by atoms with E-state index in [0.717, 1.165) is 16.9 Å². The van der Waals surface area contributed by atoms with E-state index in [4.69, 9.17) is 9.47 Å². The fourth-order valence-corrected chi connectivity index (χ4v) is 3.56. The largest absolute Gasteiger partial charge is 0.497 e. The molecule has 1 aromatic carbocycles. The Morgan fingerprint density at radius 2 is 1.61 bits per heavy atom. The third-order valence-electron chi connectivity index (χ3n) is 5.28. The Balaban J connectivity index is 1.49. The molecule has 0 fully saturated rings. The molecule has 1 N–H and O–H groups in total. The highest BCUT2D eigenvalue weighted by atomic mass is 19.3. The zero-order valence-electron chi connectivity index (χ0n) is 19.5. The Kier molecular flexibility index (Phi) is 7.84. The summed E-state index contributed by atoms with van der Waals surface area (Å²) >= 11 is 0. The molecule has 186 valence electrons. The van der Waals surface area contributed by atoms with E-state index in [1.54, 1.807) is 31.6 Å². The van der Waals surface area contributed by atoms with Gasteiger partial charge in [-0.2, -0.15) is 8.78 Å². The molecule has 7 nitrogen and oxygen atoms in total. The number of alkyl halides is 2. The van der Waals surface area contributed by atoms with Crippen molar-refractivity contribution < 1.29 is 27.4 Å². The van der Waals surface area contributed by atoms with Crippen LogP contribution in [0.4, 0.5) is 19.0 Å². The van der Waals surface area contributed by atoms with Gasteiger partial charge in [-0.25, -0.2) is 19.3 Å². The van der Waals surface area contributed by atoms with Crippen LogP contribution in [0.3, 0.4) is 0 Å². The van der Waals surface area contributed by atoms with Crippen molar-refractivity contribution in [2.24, 2.45) is 0 Å². The maximum absolute atomic E-state index is 14.7. The highest BCUT2D eigenvalue weighted by Gasteiger charge is 2.13. The van der Waals surface area contributed by atoms with Crippen molar-refractivity contribution in [3.05, 3.63) is 89.6 Å². The Bertz CT molecular complexity index is 1320. The van der Waals surface area contributed by atoms with Crippen LogP contribution in [-0.4, -0.2) is 35.8 Å². The molecule has 10 heteroatoms. The van der Waals surface area contributed by atoms with E-state index in [-0.39, 0.29) is 11.7 Å². The minimum atomic E-state index is -2.99. The lowest BCUT2D eigenvalue weighted by Gasteiger charge is -2.12.